The van der Waals surface area contributed by atoms with Gasteiger partial charge < -0.3 is 10.3 Å². The molecule has 0 fully saturated rings. The summed E-state index contributed by atoms with van der Waals surface area (Å²) in [5.41, 5.74) is 4.74. The number of nitro groups is 1. The largest absolute Gasteiger partial charge is 0.342 e. The number of non-ortho nitro benzene ring substituents is 1. The SMILES string of the molecule is Cc1ncc(-c2cccc(N=C(c3ccccc3)C3C(=O)Nc4ccc([N+](=O)[O-])cc43)c2)[nH]1. The van der Waals surface area contributed by atoms with Gasteiger partial charge in [-0.3, -0.25) is 19.9 Å². The van der Waals surface area contributed by atoms with Crippen molar-refractivity contribution in [3.63, 3.8) is 0 Å². The van der Waals surface area contributed by atoms with Gasteiger partial charge in [-0.2, -0.15) is 0 Å². The maximum Gasteiger partial charge on any atom is 0.269 e. The fraction of sp³-hybridized carbons (Fsp3) is 0.0800. The highest BCUT2D eigenvalue weighted by atomic mass is 16.6. The summed E-state index contributed by atoms with van der Waals surface area (Å²) in [5, 5.41) is 14.2. The Morgan fingerprint density at radius 1 is 1.06 bits per heavy atom. The lowest BCUT2D eigenvalue weighted by molar-refractivity contribution is -0.384. The average molecular weight is 437 g/mol. The smallest absolute Gasteiger partial charge is 0.269 e. The number of amides is 1. The Bertz CT molecular complexity index is 1410. The van der Waals surface area contributed by atoms with E-state index in [0.717, 1.165) is 22.6 Å². The molecule has 162 valence electrons. The predicted molar refractivity (Wildman–Crippen MR) is 126 cm³/mol. The quantitative estimate of drug-likeness (QED) is 0.255. The van der Waals surface area contributed by atoms with Gasteiger partial charge in [-0.05, 0) is 30.7 Å². The third-order valence-corrected chi connectivity index (χ3v) is 5.53. The lowest BCUT2D eigenvalue weighted by Crippen LogP contribution is -2.22. The lowest BCUT2D eigenvalue weighted by Gasteiger charge is -2.14. The van der Waals surface area contributed by atoms with Crippen LogP contribution < -0.4 is 5.32 Å². The molecule has 1 amide bonds. The molecule has 2 heterocycles. The first-order chi connectivity index (χ1) is 16.0. The number of aliphatic imine (C=N–C) groups is 1. The standard InChI is InChI=1S/C25H19N5O3/c1-15-26-14-22(27-15)17-8-5-9-18(12-17)28-24(16-6-3-2-4-7-16)23-20-13-19(30(32)33)10-11-21(20)29-25(23)31/h2-14,23H,1H3,(H,26,27)(H,29,31). The molecule has 3 aromatic carbocycles. The maximum atomic E-state index is 13.0. The Balaban J connectivity index is 1.65. The van der Waals surface area contributed by atoms with Crippen molar-refractivity contribution in [3.05, 3.63) is 106 Å². The van der Waals surface area contributed by atoms with Crippen LogP contribution in [-0.4, -0.2) is 26.5 Å². The molecular weight excluding hydrogens is 418 g/mol. The van der Waals surface area contributed by atoms with Crippen LogP contribution >= 0.6 is 0 Å². The van der Waals surface area contributed by atoms with E-state index in [-0.39, 0.29) is 11.6 Å². The van der Waals surface area contributed by atoms with Gasteiger partial charge in [0.05, 0.1) is 28.2 Å². The van der Waals surface area contributed by atoms with Gasteiger partial charge in [0.2, 0.25) is 5.91 Å². The number of nitro benzene ring substituents is 1. The minimum atomic E-state index is -0.777. The van der Waals surface area contributed by atoms with Crippen LogP contribution in [0.3, 0.4) is 0 Å². The molecule has 0 aliphatic carbocycles. The van der Waals surface area contributed by atoms with Crippen LogP contribution in [0.25, 0.3) is 11.3 Å². The Labute approximate surface area is 189 Å². The molecule has 0 saturated carbocycles. The molecule has 2 N–H and O–H groups in total. The number of aryl methyl sites for hydroxylation is 1. The number of hydrogen-bond donors (Lipinski definition) is 2. The van der Waals surface area contributed by atoms with E-state index in [9.17, 15) is 14.9 Å². The normalized spacial score (nSPS) is 15.2. The second kappa shape index (κ2) is 8.16. The molecule has 1 aromatic heterocycles. The van der Waals surface area contributed by atoms with E-state index in [0.29, 0.717) is 22.6 Å². The van der Waals surface area contributed by atoms with E-state index in [1.54, 1.807) is 12.3 Å². The minimum Gasteiger partial charge on any atom is -0.342 e. The summed E-state index contributed by atoms with van der Waals surface area (Å²) in [6.07, 6.45) is 1.76. The zero-order valence-corrected chi connectivity index (χ0v) is 17.6. The molecule has 33 heavy (non-hydrogen) atoms. The van der Waals surface area contributed by atoms with E-state index < -0.39 is 10.8 Å². The van der Waals surface area contributed by atoms with Crippen molar-refractivity contribution >= 4 is 28.7 Å². The van der Waals surface area contributed by atoms with Gasteiger partial charge in [0.1, 0.15) is 11.7 Å². The van der Waals surface area contributed by atoms with Crippen LogP contribution in [0.2, 0.25) is 0 Å². The Morgan fingerprint density at radius 2 is 1.88 bits per heavy atom. The number of hydrogen-bond acceptors (Lipinski definition) is 5. The number of H-pyrrole nitrogens is 1. The molecule has 8 nitrogen and oxygen atoms in total. The minimum absolute atomic E-state index is 0.0701. The van der Waals surface area contributed by atoms with Crippen LogP contribution in [-0.2, 0) is 4.79 Å². The molecular formula is C25H19N5O3. The first-order valence-electron chi connectivity index (χ1n) is 10.3. The fourth-order valence-corrected chi connectivity index (χ4v) is 3.99. The number of carbonyl (C=O) groups is 1. The van der Waals surface area contributed by atoms with E-state index in [2.05, 4.69) is 15.3 Å². The second-order valence-electron chi connectivity index (χ2n) is 7.75. The summed E-state index contributed by atoms with van der Waals surface area (Å²) in [6.45, 7) is 1.88. The van der Waals surface area contributed by atoms with Gasteiger partial charge in [0.25, 0.3) is 5.69 Å². The zero-order chi connectivity index (χ0) is 22.9. The lowest BCUT2D eigenvalue weighted by atomic mass is 9.90. The molecule has 5 rings (SSSR count). The molecule has 1 aliphatic heterocycles. The molecule has 0 saturated heterocycles. The highest BCUT2D eigenvalue weighted by molar-refractivity contribution is 6.24. The topological polar surface area (TPSA) is 113 Å². The van der Waals surface area contributed by atoms with Crippen molar-refractivity contribution in [1.82, 2.24) is 9.97 Å². The van der Waals surface area contributed by atoms with Gasteiger partial charge in [-0.25, -0.2) is 4.98 Å². The summed E-state index contributed by atoms with van der Waals surface area (Å²) in [5.74, 6) is -0.237. The molecule has 0 bridgehead atoms. The number of rotatable bonds is 5. The highest BCUT2D eigenvalue weighted by Gasteiger charge is 2.36. The molecule has 4 aromatic rings. The molecule has 0 spiro atoms. The average Bonchev–Trinajstić information content (AvgIpc) is 3.40. The summed E-state index contributed by atoms with van der Waals surface area (Å²) in [4.78, 5) is 36.3. The van der Waals surface area contributed by atoms with Gasteiger partial charge >= 0.3 is 0 Å². The van der Waals surface area contributed by atoms with E-state index in [4.69, 9.17) is 4.99 Å². The van der Waals surface area contributed by atoms with Crippen LogP contribution in [0.5, 0.6) is 0 Å². The number of benzene rings is 3. The van der Waals surface area contributed by atoms with Crippen LogP contribution in [0.4, 0.5) is 17.1 Å². The third-order valence-electron chi connectivity index (χ3n) is 5.53. The van der Waals surface area contributed by atoms with Crippen molar-refractivity contribution in [2.45, 2.75) is 12.8 Å². The van der Waals surface area contributed by atoms with E-state index in [1.807, 2.05) is 61.5 Å². The van der Waals surface area contributed by atoms with Gasteiger partial charge in [0.15, 0.2) is 0 Å². The van der Waals surface area contributed by atoms with Crippen LogP contribution in [0.1, 0.15) is 22.9 Å². The van der Waals surface area contributed by atoms with Crippen molar-refractivity contribution in [1.29, 1.82) is 0 Å². The third kappa shape index (κ3) is 3.89. The molecule has 8 heteroatoms. The number of carbonyl (C=O) groups excluding carboxylic acids is 1. The number of aromatic nitrogens is 2. The number of imidazole rings is 1. The van der Waals surface area contributed by atoms with Crippen molar-refractivity contribution in [3.8, 4) is 11.3 Å². The number of fused-ring (bicyclic) bond motifs is 1. The monoisotopic (exact) mass is 437 g/mol. The van der Waals surface area contributed by atoms with Crippen LogP contribution in [0.15, 0.2) is 84.0 Å². The second-order valence-corrected chi connectivity index (χ2v) is 7.75. The Morgan fingerprint density at radius 3 is 2.61 bits per heavy atom. The van der Waals surface area contributed by atoms with Gasteiger partial charge in [-0.1, -0.05) is 42.5 Å². The first-order valence-corrected chi connectivity index (χ1v) is 10.3. The zero-order valence-electron chi connectivity index (χ0n) is 17.6. The fourth-order valence-electron chi connectivity index (χ4n) is 3.99. The Hall–Kier alpha value is -4.59. The molecule has 0 radical (unpaired) electrons. The summed E-state index contributed by atoms with van der Waals surface area (Å²) < 4.78 is 0. The summed E-state index contributed by atoms with van der Waals surface area (Å²) >= 11 is 0. The number of aromatic amines is 1. The maximum absolute atomic E-state index is 13.0. The van der Waals surface area contributed by atoms with Crippen molar-refractivity contribution < 1.29 is 9.72 Å². The molecule has 1 atom stereocenters. The highest BCUT2D eigenvalue weighted by Crippen LogP contribution is 2.38. The molecule has 1 aliphatic rings. The van der Waals surface area contributed by atoms with E-state index >= 15 is 0 Å². The number of nitrogens with one attached hydrogen (secondary N) is 2. The first kappa shape index (κ1) is 20.3. The van der Waals surface area contributed by atoms with Crippen molar-refractivity contribution in [2.24, 2.45) is 4.99 Å². The van der Waals surface area contributed by atoms with Gasteiger partial charge in [-0.15, -0.1) is 0 Å². The molecule has 1 unspecified atom stereocenters. The summed E-state index contributed by atoms with van der Waals surface area (Å²) in [7, 11) is 0. The van der Waals surface area contributed by atoms with Crippen molar-refractivity contribution in [2.75, 3.05) is 5.32 Å². The Kier molecular flexibility index (Phi) is 5.02. The van der Waals surface area contributed by atoms with Gasteiger partial charge in [0, 0.05) is 28.9 Å². The number of nitrogens with zero attached hydrogens (tertiary/aromatic N) is 3. The van der Waals surface area contributed by atoms with E-state index in [1.165, 1.54) is 12.1 Å². The number of anilines is 1. The summed E-state index contributed by atoms with van der Waals surface area (Å²) in [6, 6.07) is 21.4. The predicted octanol–water partition coefficient (Wildman–Crippen LogP) is 5.15. The van der Waals surface area contributed by atoms with Crippen LogP contribution in [0, 0.1) is 17.0 Å².